The van der Waals surface area contributed by atoms with Crippen LogP contribution in [0.1, 0.15) is 20.7 Å². The number of carbonyl (C=O) groups is 2. The van der Waals surface area contributed by atoms with Crippen molar-refractivity contribution in [3.8, 4) is 0 Å². The fourth-order valence-electron chi connectivity index (χ4n) is 3.30. The summed E-state index contributed by atoms with van der Waals surface area (Å²) in [5, 5.41) is 4.72. The van der Waals surface area contributed by atoms with Gasteiger partial charge in [-0.2, -0.15) is 25.3 Å². The minimum absolute atomic E-state index is 0.221. The van der Waals surface area contributed by atoms with Gasteiger partial charge in [-0.25, -0.2) is 0 Å². The van der Waals surface area contributed by atoms with E-state index >= 15 is 0 Å². The number of fused-ring (bicyclic) bond motifs is 2. The molecule has 4 rings (SSSR count). The number of para-hydroxylation sites is 1. The first kappa shape index (κ1) is 22.1. The average Bonchev–Trinajstić information content (AvgIpc) is 3.16. The van der Waals surface area contributed by atoms with Crippen molar-refractivity contribution in [3.05, 3.63) is 52.9 Å². The van der Waals surface area contributed by atoms with Crippen molar-refractivity contribution in [2.24, 2.45) is 0 Å². The van der Waals surface area contributed by atoms with Gasteiger partial charge in [0.2, 0.25) is 11.6 Å². The van der Waals surface area contributed by atoms with Crippen LogP contribution in [0.5, 0.6) is 0 Å². The Morgan fingerprint density at radius 2 is 1.12 bits per heavy atom. The van der Waals surface area contributed by atoms with Crippen LogP contribution in [0.4, 0.5) is 11.4 Å². The predicted molar refractivity (Wildman–Crippen MR) is 105 cm³/mol. The Labute approximate surface area is 180 Å². The van der Waals surface area contributed by atoms with Crippen molar-refractivity contribution in [2.75, 3.05) is 10.6 Å². The second kappa shape index (κ2) is 6.67. The summed E-state index contributed by atoms with van der Waals surface area (Å²) in [6.45, 7) is 0. The molecule has 0 unspecified atom stereocenters. The molecule has 0 atom stereocenters. The van der Waals surface area contributed by atoms with Gasteiger partial charge in [-0.1, -0.05) is 6.07 Å². The molecular weight excluding hydrogens is 492 g/mol. The number of Topliss-reactive ketones (excluding diaryl/α,β-unsaturated/α-hetero) is 2. The number of hydrogen-bond donors (Lipinski definition) is 5. The number of rotatable bonds is 3. The van der Waals surface area contributed by atoms with Crippen molar-refractivity contribution in [1.29, 1.82) is 0 Å². The van der Waals surface area contributed by atoms with E-state index in [9.17, 15) is 48.5 Å². The maximum absolute atomic E-state index is 12.9. The van der Waals surface area contributed by atoms with Crippen LogP contribution in [0.25, 0.3) is 0 Å². The Kier molecular flexibility index (Phi) is 4.60. The van der Waals surface area contributed by atoms with E-state index in [-0.39, 0.29) is 11.3 Å². The zero-order valence-corrected chi connectivity index (χ0v) is 17.7. The summed E-state index contributed by atoms with van der Waals surface area (Å²) in [7, 11) is -14.9. The molecule has 2 aromatic rings. The van der Waals surface area contributed by atoms with Crippen LogP contribution >= 0.6 is 0 Å². The normalized spacial score (nSPS) is 18.2. The molecule has 168 valence electrons. The summed E-state index contributed by atoms with van der Waals surface area (Å²) >= 11 is 0. The molecule has 2 aromatic carbocycles. The summed E-state index contributed by atoms with van der Waals surface area (Å²) in [6.07, 6.45) is 0. The first-order valence-corrected chi connectivity index (χ1v) is 12.5. The third-order valence-electron chi connectivity index (χ3n) is 4.65. The molecule has 5 N–H and O–H groups in total. The van der Waals surface area contributed by atoms with Gasteiger partial charge in [0.1, 0.15) is 21.2 Å². The van der Waals surface area contributed by atoms with Crippen LogP contribution in [0, 0.1) is 0 Å². The second-order valence-corrected chi connectivity index (χ2v) is 10.8. The number of ketones is 2. The zero-order chi connectivity index (χ0) is 23.8. The standard InChI is InChI=1S/C16H10N2O11S3/c19-15-7-2-1-3-9(31(24,25)26)11(7)17-13(15)14-16(20)8-4-6(30(21,22)23)5-10(12(8)18-14)32(27,28)29/h1-5,17-18H,(H,21,22,23)(H,24,25,26)(H,27,28,29)/b14-13+. The topological polar surface area (TPSA) is 221 Å². The smallest absolute Gasteiger partial charge is 0.296 e. The maximum atomic E-state index is 12.9. The minimum Gasteiger partial charge on any atom is -0.349 e. The molecule has 0 fully saturated rings. The van der Waals surface area contributed by atoms with E-state index in [0.29, 0.717) is 12.1 Å². The van der Waals surface area contributed by atoms with Crippen molar-refractivity contribution in [2.45, 2.75) is 14.7 Å². The maximum Gasteiger partial charge on any atom is 0.296 e. The van der Waals surface area contributed by atoms with E-state index in [1.165, 1.54) is 12.1 Å². The van der Waals surface area contributed by atoms with Gasteiger partial charge in [-0.3, -0.25) is 23.2 Å². The van der Waals surface area contributed by atoms with E-state index in [4.69, 9.17) is 0 Å². The fourth-order valence-corrected chi connectivity index (χ4v) is 5.27. The van der Waals surface area contributed by atoms with E-state index < -0.39 is 79.3 Å². The molecule has 2 aliphatic heterocycles. The molecule has 0 amide bonds. The lowest BCUT2D eigenvalue weighted by Crippen LogP contribution is -2.13. The number of anilines is 2. The lowest BCUT2D eigenvalue weighted by molar-refractivity contribution is 0.101. The molecule has 0 aliphatic carbocycles. The predicted octanol–water partition coefficient (Wildman–Crippen LogP) is 0.555. The lowest BCUT2D eigenvalue weighted by atomic mass is 10.1. The van der Waals surface area contributed by atoms with Gasteiger partial charge < -0.3 is 10.6 Å². The molecule has 2 aliphatic rings. The van der Waals surface area contributed by atoms with Crippen molar-refractivity contribution >= 4 is 53.3 Å². The number of carbonyl (C=O) groups excluding carboxylic acids is 2. The van der Waals surface area contributed by atoms with E-state index in [0.717, 1.165) is 6.07 Å². The molecule has 0 bridgehead atoms. The highest BCUT2D eigenvalue weighted by molar-refractivity contribution is 7.87. The first-order valence-electron chi connectivity index (χ1n) is 8.22. The SMILES string of the molecule is O=C1/C(=C2\Nc3c(cc(S(=O)(=O)O)cc3S(=O)(=O)O)C2=O)Nc2c1cccc2S(=O)(=O)O. The molecule has 0 spiro atoms. The van der Waals surface area contributed by atoms with E-state index in [1.54, 1.807) is 0 Å². The quantitative estimate of drug-likeness (QED) is 0.286. The van der Waals surface area contributed by atoms with E-state index in [2.05, 4.69) is 10.6 Å². The molecule has 32 heavy (non-hydrogen) atoms. The van der Waals surface area contributed by atoms with Crippen LogP contribution in [0.2, 0.25) is 0 Å². The zero-order valence-electron chi connectivity index (χ0n) is 15.2. The number of hydrogen-bond acceptors (Lipinski definition) is 10. The Bertz CT molecular complexity index is 1620. The Hall–Kier alpha value is -3.15. The summed E-state index contributed by atoms with van der Waals surface area (Å²) in [6, 6.07) is 4.42. The molecule has 16 heteroatoms. The average molecular weight is 502 g/mol. The van der Waals surface area contributed by atoms with Crippen molar-refractivity contribution < 1.29 is 48.5 Å². The number of benzene rings is 2. The van der Waals surface area contributed by atoms with Gasteiger partial charge in [0.15, 0.2) is 0 Å². The van der Waals surface area contributed by atoms with Gasteiger partial charge in [0.05, 0.1) is 21.8 Å². The summed E-state index contributed by atoms with van der Waals surface area (Å²) in [5.41, 5.74) is -2.82. The second-order valence-electron chi connectivity index (χ2n) is 6.61. The molecular formula is C16H10N2O11S3. The van der Waals surface area contributed by atoms with Gasteiger partial charge in [-0.05, 0) is 24.3 Å². The third kappa shape index (κ3) is 3.38. The van der Waals surface area contributed by atoms with Gasteiger partial charge >= 0.3 is 0 Å². The molecule has 13 nitrogen and oxygen atoms in total. The molecule has 0 saturated heterocycles. The number of allylic oxidation sites excluding steroid dienone is 2. The summed E-state index contributed by atoms with van der Waals surface area (Å²) < 4.78 is 97.7. The Morgan fingerprint density at radius 3 is 1.62 bits per heavy atom. The number of nitrogens with one attached hydrogen (secondary N) is 2. The largest absolute Gasteiger partial charge is 0.349 e. The fraction of sp³-hybridized carbons (Fsp3) is 0. The van der Waals surface area contributed by atoms with Crippen molar-refractivity contribution in [1.82, 2.24) is 0 Å². The monoisotopic (exact) mass is 502 g/mol. The van der Waals surface area contributed by atoms with Gasteiger partial charge in [-0.15, -0.1) is 0 Å². The molecule has 0 aromatic heterocycles. The van der Waals surface area contributed by atoms with E-state index in [1.807, 2.05) is 0 Å². The highest BCUT2D eigenvalue weighted by Crippen LogP contribution is 2.41. The summed E-state index contributed by atoms with van der Waals surface area (Å²) in [4.78, 5) is 22.9. The van der Waals surface area contributed by atoms with Gasteiger partial charge in [0.25, 0.3) is 30.4 Å². The highest BCUT2D eigenvalue weighted by atomic mass is 32.2. The summed E-state index contributed by atoms with van der Waals surface area (Å²) in [5.74, 6) is -1.98. The third-order valence-corrected chi connectivity index (χ3v) is 7.25. The van der Waals surface area contributed by atoms with Crippen LogP contribution in [0.15, 0.2) is 56.4 Å². The van der Waals surface area contributed by atoms with Crippen molar-refractivity contribution in [3.63, 3.8) is 0 Å². The first-order chi connectivity index (χ1) is 14.6. The van der Waals surface area contributed by atoms with Crippen LogP contribution in [0.3, 0.4) is 0 Å². The van der Waals surface area contributed by atoms with Crippen LogP contribution in [-0.4, -0.2) is 50.5 Å². The van der Waals surface area contributed by atoms with Gasteiger partial charge in [0, 0.05) is 5.56 Å². The molecule has 2 heterocycles. The van der Waals surface area contributed by atoms with Crippen LogP contribution in [-0.2, 0) is 30.4 Å². The Balaban J connectivity index is 1.94. The highest BCUT2D eigenvalue weighted by Gasteiger charge is 2.40. The van der Waals surface area contributed by atoms with Crippen LogP contribution < -0.4 is 10.6 Å². The minimum atomic E-state index is -5.11. The lowest BCUT2D eigenvalue weighted by Gasteiger charge is -2.08. The Morgan fingerprint density at radius 1 is 0.625 bits per heavy atom. The molecule has 0 radical (unpaired) electrons. The molecule has 0 saturated carbocycles.